The third-order valence-corrected chi connectivity index (χ3v) is 5.84. The largest absolute Gasteiger partial charge is 0.385 e. The standard InChI is InChI=1S/C22H26N2O3/c25-20-15-17-14-16(6-8-19(17)23-20)7-9-21(26)24-12-10-22(27,11-13-24)18-4-2-1-3-5-18/h1-6,8,14,21,26-27H,7,9-13,15H2,(H,23,25). The highest BCUT2D eigenvalue weighted by molar-refractivity contribution is 5.99. The van der Waals surface area contributed by atoms with E-state index in [4.69, 9.17) is 0 Å². The molecule has 0 aromatic heterocycles. The van der Waals surface area contributed by atoms with Crippen LogP contribution in [0.15, 0.2) is 48.5 Å². The number of benzene rings is 2. The Hall–Kier alpha value is -2.21. The van der Waals surface area contributed by atoms with Crippen LogP contribution in [0.5, 0.6) is 0 Å². The first-order valence-electron chi connectivity index (χ1n) is 9.65. The van der Waals surface area contributed by atoms with E-state index < -0.39 is 11.8 Å². The Morgan fingerprint density at radius 2 is 1.85 bits per heavy atom. The highest BCUT2D eigenvalue weighted by Gasteiger charge is 2.35. The normalized spacial score (nSPS) is 20.1. The van der Waals surface area contributed by atoms with Crippen molar-refractivity contribution in [1.29, 1.82) is 0 Å². The first kappa shape index (κ1) is 18.2. The van der Waals surface area contributed by atoms with Gasteiger partial charge < -0.3 is 15.5 Å². The Morgan fingerprint density at radius 1 is 1.11 bits per heavy atom. The maximum absolute atomic E-state index is 11.5. The quantitative estimate of drug-likeness (QED) is 0.760. The van der Waals surface area contributed by atoms with Crippen LogP contribution in [0.2, 0.25) is 0 Å². The zero-order valence-electron chi connectivity index (χ0n) is 15.4. The van der Waals surface area contributed by atoms with Gasteiger partial charge in [0.2, 0.25) is 5.91 Å². The molecule has 0 radical (unpaired) electrons. The number of aryl methyl sites for hydroxylation is 1. The lowest BCUT2D eigenvalue weighted by Gasteiger charge is -2.40. The monoisotopic (exact) mass is 366 g/mol. The van der Waals surface area contributed by atoms with E-state index in [2.05, 4.69) is 16.3 Å². The average Bonchev–Trinajstić information content (AvgIpc) is 3.06. The predicted molar refractivity (Wildman–Crippen MR) is 104 cm³/mol. The third-order valence-electron chi connectivity index (χ3n) is 5.84. The number of rotatable bonds is 5. The third kappa shape index (κ3) is 3.90. The summed E-state index contributed by atoms with van der Waals surface area (Å²) in [6.07, 6.45) is 2.59. The molecular formula is C22H26N2O3. The molecule has 0 aliphatic carbocycles. The van der Waals surface area contributed by atoms with Gasteiger partial charge in [0.25, 0.3) is 0 Å². The molecule has 5 heteroatoms. The van der Waals surface area contributed by atoms with Gasteiger partial charge in [-0.1, -0.05) is 42.5 Å². The summed E-state index contributed by atoms with van der Waals surface area (Å²) < 4.78 is 0. The van der Waals surface area contributed by atoms with Gasteiger partial charge in [-0.25, -0.2) is 0 Å². The van der Waals surface area contributed by atoms with Crippen LogP contribution in [-0.2, 0) is 23.2 Å². The summed E-state index contributed by atoms with van der Waals surface area (Å²) in [4.78, 5) is 13.5. The van der Waals surface area contributed by atoms with Crippen LogP contribution in [0.1, 0.15) is 36.0 Å². The Bertz CT molecular complexity index is 814. The van der Waals surface area contributed by atoms with Gasteiger partial charge in [0.1, 0.15) is 6.23 Å². The highest BCUT2D eigenvalue weighted by atomic mass is 16.3. The number of anilines is 1. The Kier molecular flexibility index (Phi) is 5.00. The van der Waals surface area contributed by atoms with Gasteiger partial charge in [-0.15, -0.1) is 0 Å². The molecule has 0 bridgehead atoms. The number of nitrogens with one attached hydrogen (secondary N) is 1. The molecule has 2 aromatic rings. The molecule has 1 atom stereocenters. The molecule has 2 heterocycles. The van der Waals surface area contributed by atoms with E-state index in [1.54, 1.807) is 0 Å². The number of fused-ring (bicyclic) bond motifs is 1. The van der Waals surface area contributed by atoms with Gasteiger partial charge in [0, 0.05) is 18.8 Å². The molecule has 1 fully saturated rings. The van der Waals surface area contributed by atoms with Crippen LogP contribution in [-0.4, -0.2) is 40.3 Å². The van der Waals surface area contributed by atoms with Crippen LogP contribution in [0.25, 0.3) is 0 Å². The Morgan fingerprint density at radius 3 is 2.59 bits per heavy atom. The molecule has 142 valence electrons. The van der Waals surface area contributed by atoms with Crippen molar-refractivity contribution in [1.82, 2.24) is 4.90 Å². The van der Waals surface area contributed by atoms with Crippen LogP contribution in [0, 0.1) is 0 Å². The first-order valence-corrected chi connectivity index (χ1v) is 9.65. The summed E-state index contributed by atoms with van der Waals surface area (Å²) in [6, 6.07) is 15.8. The maximum atomic E-state index is 11.5. The lowest BCUT2D eigenvalue weighted by Crippen LogP contribution is -2.47. The van der Waals surface area contributed by atoms with Crippen molar-refractivity contribution in [2.75, 3.05) is 18.4 Å². The van der Waals surface area contributed by atoms with Crippen molar-refractivity contribution < 1.29 is 15.0 Å². The number of piperidine rings is 1. The molecule has 2 aliphatic rings. The van der Waals surface area contributed by atoms with E-state index >= 15 is 0 Å². The minimum Gasteiger partial charge on any atom is -0.385 e. The van der Waals surface area contributed by atoms with Crippen LogP contribution in [0.4, 0.5) is 5.69 Å². The van der Waals surface area contributed by atoms with E-state index in [1.165, 1.54) is 0 Å². The van der Waals surface area contributed by atoms with Crippen LogP contribution in [0.3, 0.4) is 0 Å². The predicted octanol–water partition coefficient (Wildman–Crippen LogP) is 2.42. The number of likely N-dealkylation sites (tertiary alicyclic amines) is 1. The number of hydrogen-bond acceptors (Lipinski definition) is 4. The summed E-state index contributed by atoms with van der Waals surface area (Å²) in [5.41, 5.74) is 3.25. The molecule has 4 rings (SSSR count). The molecule has 2 aromatic carbocycles. The van der Waals surface area contributed by atoms with Gasteiger partial charge in [-0.3, -0.25) is 9.69 Å². The molecule has 1 amide bonds. The van der Waals surface area contributed by atoms with Gasteiger partial charge in [0.05, 0.1) is 12.0 Å². The Balaban J connectivity index is 1.31. The highest BCUT2D eigenvalue weighted by Crippen LogP contribution is 2.33. The van der Waals surface area contributed by atoms with E-state index in [1.807, 2.05) is 42.5 Å². The van der Waals surface area contributed by atoms with E-state index in [9.17, 15) is 15.0 Å². The summed E-state index contributed by atoms with van der Waals surface area (Å²) in [5.74, 6) is 0.0430. The zero-order chi connectivity index (χ0) is 18.9. The summed E-state index contributed by atoms with van der Waals surface area (Å²) in [7, 11) is 0. The van der Waals surface area contributed by atoms with Gasteiger partial charge in [0.15, 0.2) is 0 Å². The maximum Gasteiger partial charge on any atom is 0.228 e. The molecule has 2 aliphatic heterocycles. The van der Waals surface area contributed by atoms with Crippen molar-refractivity contribution in [3.8, 4) is 0 Å². The van der Waals surface area contributed by atoms with Crippen molar-refractivity contribution in [3.05, 3.63) is 65.2 Å². The minimum atomic E-state index is -0.795. The molecule has 0 saturated carbocycles. The van der Waals surface area contributed by atoms with Gasteiger partial charge in [-0.2, -0.15) is 0 Å². The van der Waals surface area contributed by atoms with Crippen molar-refractivity contribution in [2.45, 2.75) is 43.9 Å². The second-order valence-corrected chi connectivity index (χ2v) is 7.67. The van der Waals surface area contributed by atoms with Crippen molar-refractivity contribution in [2.24, 2.45) is 0 Å². The number of aliphatic hydroxyl groups is 2. The number of nitrogens with zero attached hydrogens (tertiary/aromatic N) is 1. The topological polar surface area (TPSA) is 72.8 Å². The SMILES string of the molecule is O=C1Cc2cc(CCC(O)N3CCC(O)(c4ccccc4)CC3)ccc2N1. The van der Waals surface area contributed by atoms with Crippen molar-refractivity contribution in [3.63, 3.8) is 0 Å². The summed E-state index contributed by atoms with van der Waals surface area (Å²) in [6.45, 7) is 1.35. The smallest absolute Gasteiger partial charge is 0.228 e. The number of aliphatic hydroxyl groups excluding tert-OH is 1. The lowest BCUT2D eigenvalue weighted by molar-refractivity contribution is -0.115. The average molecular weight is 366 g/mol. The molecule has 0 spiro atoms. The number of amides is 1. The number of carbonyl (C=O) groups is 1. The fraction of sp³-hybridized carbons (Fsp3) is 0.409. The van der Waals surface area contributed by atoms with E-state index in [0.29, 0.717) is 38.8 Å². The van der Waals surface area contributed by atoms with Crippen LogP contribution >= 0.6 is 0 Å². The molecule has 27 heavy (non-hydrogen) atoms. The molecule has 3 N–H and O–H groups in total. The molecule has 5 nitrogen and oxygen atoms in total. The molecular weight excluding hydrogens is 340 g/mol. The fourth-order valence-corrected chi connectivity index (χ4v) is 4.15. The zero-order valence-corrected chi connectivity index (χ0v) is 15.4. The number of hydrogen-bond donors (Lipinski definition) is 3. The van der Waals surface area contributed by atoms with Gasteiger partial charge in [-0.05, 0) is 48.4 Å². The second-order valence-electron chi connectivity index (χ2n) is 7.67. The second kappa shape index (κ2) is 7.43. The fourth-order valence-electron chi connectivity index (χ4n) is 4.15. The molecule has 1 unspecified atom stereocenters. The number of carbonyl (C=O) groups excluding carboxylic acids is 1. The first-order chi connectivity index (χ1) is 13.0. The van der Waals surface area contributed by atoms with E-state index in [0.717, 1.165) is 28.8 Å². The van der Waals surface area contributed by atoms with Crippen molar-refractivity contribution >= 4 is 11.6 Å². The molecule has 1 saturated heterocycles. The van der Waals surface area contributed by atoms with E-state index in [-0.39, 0.29) is 5.91 Å². The Labute approximate surface area is 159 Å². The summed E-state index contributed by atoms with van der Waals surface area (Å²) >= 11 is 0. The van der Waals surface area contributed by atoms with Crippen LogP contribution < -0.4 is 5.32 Å². The minimum absolute atomic E-state index is 0.0430. The summed E-state index contributed by atoms with van der Waals surface area (Å²) in [5, 5.41) is 24.4. The lowest BCUT2D eigenvalue weighted by atomic mass is 9.84. The van der Waals surface area contributed by atoms with Gasteiger partial charge >= 0.3 is 0 Å².